The fraction of sp³-hybridized carbons (Fsp3) is 0.636. The number of aryl methyl sites for hydroxylation is 1. The molecular formula is C33H46FN3O5. The minimum Gasteiger partial charge on any atom is -0.496 e. The number of ether oxygens (including phenoxy) is 3. The number of methoxy groups -OCH3 is 1. The van der Waals surface area contributed by atoms with Crippen LogP contribution in [0.15, 0.2) is 24.3 Å². The molecule has 0 bridgehead atoms. The fourth-order valence-corrected chi connectivity index (χ4v) is 6.78. The Kier molecular flexibility index (Phi) is 10.7. The predicted molar refractivity (Wildman–Crippen MR) is 159 cm³/mol. The lowest BCUT2D eigenvalue weighted by molar-refractivity contribution is -0.143. The van der Waals surface area contributed by atoms with Crippen LogP contribution < -0.4 is 10.1 Å². The molecule has 3 atom stereocenters. The van der Waals surface area contributed by atoms with E-state index in [1.165, 1.54) is 17.7 Å². The number of halogens is 1. The first-order valence-electron chi connectivity index (χ1n) is 15.7. The molecule has 2 unspecified atom stereocenters. The normalized spacial score (nSPS) is 21.0. The van der Waals surface area contributed by atoms with E-state index >= 15 is 0 Å². The third-order valence-corrected chi connectivity index (χ3v) is 9.30. The van der Waals surface area contributed by atoms with E-state index in [1.807, 2.05) is 4.90 Å². The highest BCUT2D eigenvalue weighted by atomic mass is 19.1. The largest absolute Gasteiger partial charge is 0.496 e. The number of carbonyl (C=O) groups is 1. The number of carboxylic acids is 1. The molecule has 3 aliphatic heterocycles. The van der Waals surface area contributed by atoms with Gasteiger partial charge in [0.05, 0.1) is 19.8 Å². The van der Waals surface area contributed by atoms with E-state index < -0.39 is 17.8 Å². The van der Waals surface area contributed by atoms with Crippen LogP contribution in [0.4, 0.5) is 10.2 Å². The molecule has 3 aliphatic rings. The first-order valence-corrected chi connectivity index (χ1v) is 15.7. The van der Waals surface area contributed by atoms with Crippen LogP contribution in [0, 0.1) is 17.7 Å². The Morgan fingerprint density at radius 2 is 2.07 bits per heavy atom. The quantitative estimate of drug-likeness (QED) is 0.287. The maximum absolute atomic E-state index is 14.4. The topological polar surface area (TPSA) is 93.2 Å². The number of benzene rings is 1. The van der Waals surface area contributed by atoms with Crippen LogP contribution in [0.25, 0.3) is 0 Å². The summed E-state index contributed by atoms with van der Waals surface area (Å²) in [6.45, 7) is 6.24. The molecule has 0 radical (unpaired) electrons. The number of pyridine rings is 1. The second-order valence-corrected chi connectivity index (χ2v) is 12.1. The highest BCUT2D eigenvalue weighted by Gasteiger charge is 2.36. The Bertz CT molecular complexity index is 1190. The first-order chi connectivity index (χ1) is 20.4. The molecule has 0 amide bonds. The summed E-state index contributed by atoms with van der Waals surface area (Å²) in [6.07, 6.45) is 8.90. The summed E-state index contributed by atoms with van der Waals surface area (Å²) in [5, 5.41) is 13.7. The van der Waals surface area contributed by atoms with Crippen LogP contribution in [0.3, 0.4) is 0 Å². The van der Waals surface area contributed by atoms with Crippen LogP contribution >= 0.6 is 0 Å². The van der Waals surface area contributed by atoms with Gasteiger partial charge in [0, 0.05) is 43.6 Å². The minimum absolute atomic E-state index is 0.0821. The zero-order valence-electron chi connectivity index (χ0n) is 25.1. The Balaban J connectivity index is 1.15. The standard InChI is InChI=1S/C33H46FN3O5/c1-22(6-3-4-7-26-19-30(40-2)28-8-5-14-35-32(28)36-26)23-11-15-37(20-23)31(33(38)39)29-18-25(34)10-9-24(29)21-42-27-12-16-41-17-13-27/h9-10,18-19,22-23,27,31H,3-8,11-17,20-21H2,1-2H3,(H,35,36)(H,38,39)/t22?,23-,31?/m1/s1. The van der Waals surface area contributed by atoms with E-state index in [1.54, 1.807) is 13.2 Å². The summed E-state index contributed by atoms with van der Waals surface area (Å²) in [6, 6.07) is 5.67. The van der Waals surface area contributed by atoms with E-state index in [9.17, 15) is 14.3 Å². The van der Waals surface area contributed by atoms with E-state index in [4.69, 9.17) is 19.2 Å². The van der Waals surface area contributed by atoms with Crippen LogP contribution in [0.5, 0.6) is 5.75 Å². The first kappa shape index (κ1) is 30.7. The van der Waals surface area contributed by atoms with Crippen LogP contribution in [-0.2, 0) is 33.7 Å². The molecule has 2 N–H and O–H groups in total. The van der Waals surface area contributed by atoms with Crippen molar-refractivity contribution in [3.8, 4) is 5.75 Å². The second kappa shape index (κ2) is 14.6. The zero-order valence-corrected chi connectivity index (χ0v) is 25.1. The van der Waals surface area contributed by atoms with Crippen molar-refractivity contribution in [3.63, 3.8) is 0 Å². The molecule has 0 spiro atoms. The molecule has 2 fully saturated rings. The monoisotopic (exact) mass is 583 g/mol. The molecule has 42 heavy (non-hydrogen) atoms. The SMILES string of the molecule is COc1cc(CCCCC(C)[C@@H]2CCN(C(C(=O)O)c3cc(F)ccc3COC3CCOCC3)C2)nc2c1CCCN2. The summed E-state index contributed by atoms with van der Waals surface area (Å²) in [5.74, 6) is 1.43. The number of unbranched alkanes of at least 4 members (excludes halogenated alkanes) is 1. The second-order valence-electron chi connectivity index (χ2n) is 12.1. The van der Waals surface area contributed by atoms with Gasteiger partial charge in [-0.15, -0.1) is 0 Å². The molecule has 230 valence electrons. The van der Waals surface area contributed by atoms with Gasteiger partial charge >= 0.3 is 5.97 Å². The van der Waals surface area contributed by atoms with Gasteiger partial charge in [0.15, 0.2) is 0 Å². The molecule has 2 aromatic rings. The molecule has 1 aromatic heterocycles. The van der Waals surface area contributed by atoms with E-state index in [0.29, 0.717) is 43.7 Å². The Hall–Kier alpha value is -2.75. The smallest absolute Gasteiger partial charge is 0.325 e. The van der Waals surface area contributed by atoms with E-state index in [0.717, 1.165) is 87.2 Å². The molecule has 9 heteroatoms. The van der Waals surface area contributed by atoms with Crippen molar-refractivity contribution >= 4 is 11.8 Å². The Morgan fingerprint density at radius 1 is 1.24 bits per heavy atom. The number of nitrogens with one attached hydrogen (secondary N) is 1. The number of carboxylic acid groups (broad SMARTS) is 1. The third-order valence-electron chi connectivity index (χ3n) is 9.30. The number of rotatable bonds is 13. The Morgan fingerprint density at radius 3 is 2.86 bits per heavy atom. The molecule has 4 heterocycles. The molecule has 0 aliphatic carbocycles. The summed E-state index contributed by atoms with van der Waals surface area (Å²) >= 11 is 0. The number of nitrogens with zero attached hydrogens (tertiary/aromatic N) is 2. The average molecular weight is 584 g/mol. The van der Waals surface area contributed by atoms with Gasteiger partial charge in [0.1, 0.15) is 23.4 Å². The van der Waals surface area contributed by atoms with Crippen molar-refractivity contribution in [1.82, 2.24) is 9.88 Å². The van der Waals surface area contributed by atoms with Crippen LogP contribution in [0.2, 0.25) is 0 Å². The van der Waals surface area contributed by atoms with Gasteiger partial charge < -0.3 is 24.6 Å². The van der Waals surface area contributed by atoms with Crippen molar-refractivity contribution in [2.45, 2.75) is 83.5 Å². The summed E-state index contributed by atoms with van der Waals surface area (Å²) in [7, 11) is 1.73. The Labute approximate surface area is 248 Å². The maximum atomic E-state index is 14.4. The molecular weight excluding hydrogens is 537 g/mol. The van der Waals surface area contributed by atoms with Gasteiger partial charge in [-0.05, 0) is 86.6 Å². The molecule has 1 aromatic carbocycles. The number of aliphatic carboxylic acids is 1. The van der Waals surface area contributed by atoms with Crippen molar-refractivity contribution in [2.24, 2.45) is 11.8 Å². The van der Waals surface area contributed by atoms with Gasteiger partial charge in [-0.3, -0.25) is 9.69 Å². The minimum atomic E-state index is -0.941. The van der Waals surface area contributed by atoms with Crippen molar-refractivity contribution in [1.29, 1.82) is 0 Å². The number of fused-ring (bicyclic) bond motifs is 1. The number of likely N-dealkylation sites (tertiary alicyclic amines) is 1. The number of hydrogen-bond donors (Lipinski definition) is 2. The molecule has 8 nitrogen and oxygen atoms in total. The lowest BCUT2D eigenvalue weighted by Gasteiger charge is -2.28. The highest BCUT2D eigenvalue weighted by Crippen LogP contribution is 2.36. The van der Waals surface area contributed by atoms with Crippen LogP contribution in [-0.4, -0.2) is 67.0 Å². The lowest BCUT2D eigenvalue weighted by atomic mass is 9.88. The summed E-state index contributed by atoms with van der Waals surface area (Å²) < 4.78 is 31.5. The number of hydrogen-bond acceptors (Lipinski definition) is 7. The molecule has 5 rings (SSSR count). The van der Waals surface area contributed by atoms with E-state index in [-0.39, 0.29) is 12.7 Å². The zero-order chi connectivity index (χ0) is 29.5. The maximum Gasteiger partial charge on any atom is 0.325 e. The summed E-state index contributed by atoms with van der Waals surface area (Å²) in [5.41, 5.74) is 3.50. The summed E-state index contributed by atoms with van der Waals surface area (Å²) in [4.78, 5) is 19.4. The highest BCUT2D eigenvalue weighted by molar-refractivity contribution is 5.76. The molecule has 0 saturated carbocycles. The van der Waals surface area contributed by atoms with Gasteiger partial charge in [-0.1, -0.05) is 25.8 Å². The van der Waals surface area contributed by atoms with Gasteiger partial charge in [0.2, 0.25) is 0 Å². The van der Waals surface area contributed by atoms with Gasteiger partial charge in [-0.2, -0.15) is 0 Å². The number of aromatic nitrogens is 1. The van der Waals surface area contributed by atoms with Gasteiger partial charge in [-0.25, -0.2) is 9.37 Å². The molecule has 2 saturated heterocycles. The van der Waals surface area contributed by atoms with Crippen LogP contribution in [0.1, 0.15) is 80.3 Å². The van der Waals surface area contributed by atoms with Gasteiger partial charge in [0.25, 0.3) is 0 Å². The third kappa shape index (κ3) is 7.60. The van der Waals surface area contributed by atoms with E-state index in [2.05, 4.69) is 18.3 Å². The fourth-order valence-electron chi connectivity index (χ4n) is 6.78. The average Bonchev–Trinajstić information content (AvgIpc) is 3.48. The van der Waals surface area contributed by atoms with Crippen molar-refractivity contribution < 1.29 is 28.5 Å². The lowest BCUT2D eigenvalue weighted by Crippen LogP contribution is -2.34. The predicted octanol–water partition coefficient (Wildman–Crippen LogP) is 5.78. The van der Waals surface area contributed by atoms with Crippen molar-refractivity contribution in [2.75, 3.05) is 45.3 Å². The van der Waals surface area contributed by atoms with Crippen molar-refractivity contribution in [3.05, 3.63) is 52.5 Å². The number of anilines is 1.